The lowest BCUT2D eigenvalue weighted by Crippen LogP contribution is -2.60. The number of fused-ring (bicyclic) bond motifs is 3. The normalized spacial score (nSPS) is 29.2. The van der Waals surface area contributed by atoms with Crippen molar-refractivity contribution in [2.24, 2.45) is 11.3 Å². The average molecular weight is 712 g/mol. The van der Waals surface area contributed by atoms with Gasteiger partial charge in [0.05, 0.1) is 11.8 Å². The number of rotatable bonds is 6. The van der Waals surface area contributed by atoms with E-state index in [1.165, 1.54) is 16.5 Å². The number of aryl methyl sites for hydroxylation is 1. The summed E-state index contributed by atoms with van der Waals surface area (Å²) in [7, 11) is -3.89. The fraction of sp³-hybridized carbons (Fsp3) is 0.639. The Hall–Kier alpha value is -3.94. The van der Waals surface area contributed by atoms with E-state index in [0.717, 1.165) is 36.8 Å². The lowest BCUT2D eigenvalue weighted by molar-refractivity contribution is -0.144. The lowest BCUT2D eigenvalue weighted by atomic mass is 9.85. The van der Waals surface area contributed by atoms with Gasteiger partial charge in [-0.15, -0.1) is 6.58 Å². The molecule has 0 unspecified atom stereocenters. The van der Waals surface area contributed by atoms with Crippen molar-refractivity contribution in [2.45, 2.75) is 127 Å². The van der Waals surface area contributed by atoms with E-state index < -0.39 is 74.1 Å². The molecule has 1 saturated heterocycles. The largest absolute Gasteiger partial charge is 0.444 e. The number of carbonyl (C=O) groups excluding carboxylic acids is 5. The molecule has 4 bridgehead atoms. The maximum atomic E-state index is 14.4. The smallest absolute Gasteiger partial charge is 0.410 e. The fourth-order valence-corrected chi connectivity index (χ4v) is 8.83. The summed E-state index contributed by atoms with van der Waals surface area (Å²) in [5.41, 5.74) is 1.08. The third-order valence-corrected chi connectivity index (χ3v) is 12.5. The van der Waals surface area contributed by atoms with Crippen molar-refractivity contribution in [3.05, 3.63) is 47.5 Å². The number of benzene rings is 1. The number of nitrogens with zero attached hydrogens (tertiary/aromatic N) is 2. The van der Waals surface area contributed by atoms with Gasteiger partial charge in [-0.25, -0.2) is 13.2 Å². The molecule has 1 aromatic rings. The molecule has 6 rings (SSSR count). The first-order chi connectivity index (χ1) is 23.6. The maximum absolute atomic E-state index is 14.4. The summed E-state index contributed by atoms with van der Waals surface area (Å²) < 4.78 is 33.4. The van der Waals surface area contributed by atoms with Crippen molar-refractivity contribution < 1.29 is 37.1 Å². The van der Waals surface area contributed by atoms with Gasteiger partial charge in [0.1, 0.15) is 23.7 Å². The van der Waals surface area contributed by atoms with E-state index in [2.05, 4.69) is 28.0 Å². The van der Waals surface area contributed by atoms with E-state index in [1.807, 2.05) is 32.9 Å². The van der Waals surface area contributed by atoms with Gasteiger partial charge in [-0.2, -0.15) is 0 Å². The van der Waals surface area contributed by atoms with Crippen molar-refractivity contribution in [3.8, 4) is 0 Å². The number of ether oxygens (including phenoxy) is 1. The molecule has 2 saturated carbocycles. The zero-order valence-electron chi connectivity index (χ0n) is 29.2. The summed E-state index contributed by atoms with van der Waals surface area (Å²) >= 11 is 0. The third-order valence-electron chi connectivity index (χ3n) is 10.7. The Labute approximate surface area is 294 Å². The first kappa shape index (κ1) is 35.9. The molecular formula is C36H49N5O8S. The van der Waals surface area contributed by atoms with Crippen molar-refractivity contribution in [2.75, 3.05) is 6.54 Å². The Morgan fingerprint density at radius 3 is 2.40 bits per heavy atom. The predicted molar refractivity (Wildman–Crippen MR) is 184 cm³/mol. The number of hydrogen-bond acceptors (Lipinski definition) is 8. The SMILES string of the molecule is C=C[C@@H]1C[C@@]1(NC(=O)[C@@H]1C[C@@H]2CN1C(=O)[C@H](C(C)(C)C)NC(=O)CCCCCCc1cccc3c1CN(C3)C(=O)O2)C(=O)NS(=O)(=O)C1CC1. The summed E-state index contributed by atoms with van der Waals surface area (Å²) in [6.07, 6.45) is 5.65. The number of nitrogens with one attached hydrogen (secondary N) is 3. The molecule has 0 radical (unpaired) electrons. The van der Waals surface area contributed by atoms with Gasteiger partial charge in [0.15, 0.2) is 0 Å². The molecule has 3 N–H and O–H groups in total. The van der Waals surface area contributed by atoms with Gasteiger partial charge in [-0.1, -0.05) is 57.9 Å². The van der Waals surface area contributed by atoms with Crippen molar-refractivity contribution >= 4 is 39.7 Å². The molecule has 5 aliphatic rings. The van der Waals surface area contributed by atoms with Crippen LogP contribution in [0.2, 0.25) is 0 Å². The van der Waals surface area contributed by atoms with Crippen molar-refractivity contribution in [3.63, 3.8) is 0 Å². The Morgan fingerprint density at radius 1 is 1.04 bits per heavy atom. The lowest BCUT2D eigenvalue weighted by Gasteiger charge is -2.35. The van der Waals surface area contributed by atoms with Gasteiger partial charge in [0.2, 0.25) is 27.7 Å². The number of hydrogen-bond donors (Lipinski definition) is 3. The minimum atomic E-state index is -3.89. The standard InChI is InChI=1S/C36H49N5O8S/c1-5-24-18-36(24,33(45)39-50(47,48)26-15-16-26)38-31(43)28-17-25-20-41(28)32(44)30(35(2,3)4)37-29(42)14-9-7-6-8-11-22-12-10-13-23-19-40(21-27(22)23)34(46)49-25/h5,10,12-13,24-26,28,30H,1,6-9,11,14-21H2,2-4H3,(H,37,42)(H,38,43)(H,39,45)/t24-,25-,28+,30-,36+/m1/s1. The van der Waals surface area contributed by atoms with Crippen LogP contribution >= 0.6 is 0 Å². The van der Waals surface area contributed by atoms with E-state index in [0.29, 0.717) is 32.4 Å². The predicted octanol–water partition coefficient (Wildman–Crippen LogP) is 2.82. The van der Waals surface area contributed by atoms with E-state index in [9.17, 15) is 32.4 Å². The Balaban J connectivity index is 1.27. The fourth-order valence-electron chi connectivity index (χ4n) is 7.47. The molecule has 14 heteroatoms. The maximum Gasteiger partial charge on any atom is 0.410 e. The monoisotopic (exact) mass is 711 g/mol. The van der Waals surface area contributed by atoms with E-state index >= 15 is 0 Å². The highest BCUT2D eigenvalue weighted by molar-refractivity contribution is 7.91. The van der Waals surface area contributed by atoms with Crippen LogP contribution in [0.5, 0.6) is 0 Å². The molecule has 2 aliphatic carbocycles. The Morgan fingerprint density at radius 2 is 1.74 bits per heavy atom. The van der Waals surface area contributed by atoms with E-state index in [-0.39, 0.29) is 31.7 Å². The van der Waals surface area contributed by atoms with Crippen LogP contribution in [0.1, 0.15) is 95.2 Å². The average Bonchev–Trinajstić information content (AvgIpc) is 3.94. The van der Waals surface area contributed by atoms with E-state index in [1.54, 1.807) is 4.90 Å². The first-order valence-electron chi connectivity index (χ1n) is 17.8. The van der Waals surface area contributed by atoms with Crippen LogP contribution in [-0.4, -0.2) is 83.5 Å². The van der Waals surface area contributed by atoms with Gasteiger partial charge >= 0.3 is 6.09 Å². The van der Waals surface area contributed by atoms with Gasteiger partial charge in [0.25, 0.3) is 5.91 Å². The zero-order chi connectivity index (χ0) is 36.0. The Kier molecular flexibility index (Phi) is 9.79. The highest BCUT2D eigenvalue weighted by atomic mass is 32.2. The molecule has 3 heterocycles. The summed E-state index contributed by atoms with van der Waals surface area (Å²) in [6.45, 7) is 9.92. The minimum absolute atomic E-state index is 0.0447. The topological polar surface area (TPSA) is 171 Å². The number of amides is 5. The second-order valence-electron chi connectivity index (χ2n) is 15.6. The number of sulfonamides is 1. The first-order valence-corrected chi connectivity index (χ1v) is 19.3. The molecule has 5 amide bonds. The van der Waals surface area contributed by atoms with Crippen LogP contribution in [0.3, 0.4) is 0 Å². The number of carbonyl (C=O) groups is 5. The van der Waals surface area contributed by atoms with Gasteiger partial charge < -0.3 is 20.3 Å². The highest BCUT2D eigenvalue weighted by Gasteiger charge is 2.62. The highest BCUT2D eigenvalue weighted by Crippen LogP contribution is 2.45. The molecule has 3 fully saturated rings. The van der Waals surface area contributed by atoms with Gasteiger partial charge in [-0.05, 0) is 60.6 Å². The minimum Gasteiger partial charge on any atom is -0.444 e. The molecule has 13 nitrogen and oxygen atoms in total. The molecule has 272 valence electrons. The second kappa shape index (κ2) is 13.6. The van der Waals surface area contributed by atoms with Crippen LogP contribution < -0.4 is 15.4 Å². The Bertz CT molecular complexity index is 1680. The second-order valence-corrected chi connectivity index (χ2v) is 17.6. The van der Waals surface area contributed by atoms with Crippen LogP contribution in [0, 0.1) is 11.3 Å². The quantitative estimate of drug-likeness (QED) is 0.378. The van der Waals surface area contributed by atoms with Crippen LogP contribution in [0.15, 0.2) is 30.9 Å². The molecule has 0 aromatic heterocycles. The molecule has 50 heavy (non-hydrogen) atoms. The molecule has 5 atom stereocenters. The summed E-state index contributed by atoms with van der Waals surface area (Å²) in [5, 5.41) is 5.04. The van der Waals surface area contributed by atoms with Crippen molar-refractivity contribution in [1.82, 2.24) is 25.2 Å². The van der Waals surface area contributed by atoms with Crippen molar-refractivity contribution in [1.29, 1.82) is 0 Å². The van der Waals surface area contributed by atoms with Crippen LogP contribution in [-0.2, 0) is 53.4 Å². The summed E-state index contributed by atoms with van der Waals surface area (Å²) in [4.78, 5) is 71.6. The summed E-state index contributed by atoms with van der Waals surface area (Å²) in [5.74, 6) is -2.82. The van der Waals surface area contributed by atoms with Gasteiger partial charge in [-0.3, -0.25) is 28.8 Å². The van der Waals surface area contributed by atoms with Crippen LogP contribution in [0.4, 0.5) is 4.79 Å². The van der Waals surface area contributed by atoms with E-state index in [4.69, 9.17) is 4.74 Å². The molecule has 1 aromatic carbocycles. The molecule has 3 aliphatic heterocycles. The molecular weight excluding hydrogens is 662 g/mol. The van der Waals surface area contributed by atoms with Crippen LogP contribution in [0.25, 0.3) is 0 Å². The zero-order valence-corrected chi connectivity index (χ0v) is 30.0. The summed E-state index contributed by atoms with van der Waals surface area (Å²) in [6, 6.07) is 3.95. The third kappa shape index (κ3) is 7.40. The molecule has 0 spiro atoms. The van der Waals surface area contributed by atoms with Gasteiger partial charge in [0, 0.05) is 31.8 Å².